The van der Waals surface area contributed by atoms with Gasteiger partial charge in [0.1, 0.15) is 0 Å². The number of nitrogens with one attached hydrogen (secondary N) is 1. The van der Waals surface area contributed by atoms with Gasteiger partial charge in [-0.25, -0.2) is 0 Å². The zero-order valence-corrected chi connectivity index (χ0v) is 9.46. The van der Waals surface area contributed by atoms with Crippen LogP contribution in [0.3, 0.4) is 0 Å². The molecule has 1 aromatic rings. The number of hydrogen-bond acceptors (Lipinski definition) is 3. The first-order valence-electron chi connectivity index (χ1n) is 5.99. The van der Waals surface area contributed by atoms with E-state index in [1.807, 2.05) is 0 Å². The maximum Gasteiger partial charge on any atom is 0.0597 e. The summed E-state index contributed by atoms with van der Waals surface area (Å²) in [5, 5.41) is 3.43. The smallest absolute Gasteiger partial charge is 0.0597 e. The van der Waals surface area contributed by atoms with Crippen LogP contribution in [0.1, 0.15) is 17.5 Å². The van der Waals surface area contributed by atoms with E-state index in [4.69, 9.17) is 10.5 Å². The Labute approximate surface area is 96.0 Å². The van der Waals surface area contributed by atoms with Crippen LogP contribution >= 0.6 is 0 Å². The molecule has 2 aliphatic rings. The first-order chi connectivity index (χ1) is 7.84. The molecule has 86 valence electrons. The van der Waals surface area contributed by atoms with Crippen LogP contribution in [0.5, 0.6) is 0 Å². The maximum atomic E-state index is 5.88. The molecule has 0 amide bonds. The van der Waals surface area contributed by atoms with Crippen LogP contribution in [0, 0.1) is 0 Å². The Morgan fingerprint density at radius 2 is 2.25 bits per heavy atom. The van der Waals surface area contributed by atoms with E-state index in [0.29, 0.717) is 6.54 Å². The van der Waals surface area contributed by atoms with Crippen LogP contribution in [0.4, 0.5) is 5.69 Å². The lowest BCUT2D eigenvalue weighted by Gasteiger charge is -2.41. The fourth-order valence-electron chi connectivity index (χ4n) is 2.56. The molecule has 1 fully saturated rings. The van der Waals surface area contributed by atoms with E-state index in [2.05, 4.69) is 23.5 Å². The van der Waals surface area contributed by atoms with Crippen LogP contribution < -0.4 is 11.1 Å². The predicted molar refractivity (Wildman–Crippen MR) is 64.8 cm³/mol. The summed E-state index contributed by atoms with van der Waals surface area (Å²) < 4.78 is 5.33. The van der Waals surface area contributed by atoms with Crippen molar-refractivity contribution in [2.45, 2.75) is 18.3 Å². The molecule has 3 N–H and O–H groups in total. The minimum absolute atomic E-state index is 0.0898. The van der Waals surface area contributed by atoms with Crippen LogP contribution in [0.15, 0.2) is 18.2 Å². The fraction of sp³-hybridized carbons (Fsp3) is 0.538. The van der Waals surface area contributed by atoms with Crippen molar-refractivity contribution in [3.8, 4) is 0 Å². The first-order valence-corrected chi connectivity index (χ1v) is 5.99. The third kappa shape index (κ3) is 1.43. The highest BCUT2D eigenvalue weighted by Crippen LogP contribution is 2.34. The summed E-state index contributed by atoms with van der Waals surface area (Å²) in [5.41, 5.74) is 10.0. The van der Waals surface area contributed by atoms with Gasteiger partial charge in [-0.1, -0.05) is 12.1 Å². The standard InChI is InChI=1S/C13H18N2O/c14-7-13(8-16-9-13)11-3-4-12-10(6-11)2-1-5-15-12/h3-4,6,15H,1-2,5,7-9,14H2. The van der Waals surface area contributed by atoms with Gasteiger partial charge in [-0.3, -0.25) is 0 Å². The average Bonchev–Trinajstić information content (AvgIpc) is 2.28. The van der Waals surface area contributed by atoms with Crippen molar-refractivity contribution >= 4 is 5.69 Å². The summed E-state index contributed by atoms with van der Waals surface area (Å²) in [4.78, 5) is 0. The van der Waals surface area contributed by atoms with Gasteiger partial charge in [0.25, 0.3) is 0 Å². The molecule has 16 heavy (non-hydrogen) atoms. The van der Waals surface area contributed by atoms with Gasteiger partial charge in [-0.05, 0) is 30.0 Å². The maximum absolute atomic E-state index is 5.88. The number of ether oxygens (including phenoxy) is 1. The molecule has 2 heterocycles. The summed E-state index contributed by atoms with van der Waals surface area (Å²) in [6.45, 7) is 3.32. The second-order valence-corrected chi connectivity index (χ2v) is 4.88. The van der Waals surface area contributed by atoms with Crippen molar-refractivity contribution < 1.29 is 4.74 Å². The van der Waals surface area contributed by atoms with E-state index >= 15 is 0 Å². The highest BCUT2D eigenvalue weighted by Gasteiger charge is 2.39. The van der Waals surface area contributed by atoms with E-state index in [9.17, 15) is 0 Å². The molecular formula is C13H18N2O. The Bertz CT molecular complexity index is 393. The molecule has 3 nitrogen and oxygen atoms in total. The van der Waals surface area contributed by atoms with Crippen molar-refractivity contribution in [1.82, 2.24) is 0 Å². The van der Waals surface area contributed by atoms with E-state index in [1.54, 1.807) is 0 Å². The van der Waals surface area contributed by atoms with Crippen molar-refractivity contribution in [3.05, 3.63) is 29.3 Å². The predicted octanol–water partition coefficient (Wildman–Crippen LogP) is 1.27. The first kappa shape index (κ1) is 10.1. The zero-order chi connectivity index (χ0) is 11.0. The minimum Gasteiger partial charge on any atom is -0.385 e. The third-order valence-electron chi connectivity index (χ3n) is 3.80. The molecular weight excluding hydrogens is 200 g/mol. The van der Waals surface area contributed by atoms with E-state index in [1.165, 1.54) is 29.7 Å². The summed E-state index contributed by atoms with van der Waals surface area (Å²) in [7, 11) is 0. The van der Waals surface area contributed by atoms with Gasteiger partial charge in [0.2, 0.25) is 0 Å². The Hall–Kier alpha value is -1.06. The normalized spacial score (nSPS) is 21.8. The molecule has 0 aromatic heterocycles. The van der Waals surface area contributed by atoms with Crippen LogP contribution in [-0.2, 0) is 16.6 Å². The Morgan fingerprint density at radius 1 is 1.38 bits per heavy atom. The summed E-state index contributed by atoms with van der Waals surface area (Å²) in [6.07, 6.45) is 2.40. The lowest BCUT2D eigenvalue weighted by atomic mass is 9.77. The highest BCUT2D eigenvalue weighted by atomic mass is 16.5. The molecule has 0 radical (unpaired) electrons. The largest absolute Gasteiger partial charge is 0.385 e. The lowest BCUT2D eigenvalue weighted by molar-refractivity contribution is -0.0550. The molecule has 2 aliphatic heterocycles. The van der Waals surface area contributed by atoms with E-state index in [-0.39, 0.29) is 5.41 Å². The molecule has 0 atom stereocenters. The van der Waals surface area contributed by atoms with Crippen LogP contribution in [-0.4, -0.2) is 26.3 Å². The number of hydrogen-bond donors (Lipinski definition) is 2. The van der Waals surface area contributed by atoms with Crippen molar-refractivity contribution in [3.63, 3.8) is 0 Å². The molecule has 1 saturated heterocycles. The van der Waals surface area contributed by atoms with Gasteiger partial charge in [0, 0.05) is 18.8 Å². The second-order valence-electron chi connectivity index (χ2n) is 4.88. The monoisotopic (exact) mass is 218 g/mol. The summed E-state index contributed by atoms with van der Waals surface area (Å²) >= 11 is 0. The highest BCUT2D eigenvalue weighted by molar-refractivity contribution is 5.55. The Morgan fingerprint density at radius 3 is 2.94 bits per heavy atom. The second kappa shape index (κ2) is 3.75. The minimum atomic E-state index is 0.0898. The number of rotatable bonds is 2. The quantitative estimate of drug-likeness (QED) is 0.786. The third-order valence-corrected chi connectivity index (χ3v) is 3.80. The van der Waals surface area contributed by atoms with Gasteiger partial charge in [-0.2, -0.15) is 0 Å². The lowest BCUT2D eigenvalue weighted by Crippen LogP contribution is -2.52. The molecule has 1 aromatic carbocycles. The van der Waals surface area contributed by atoms with E-state index < -0.39 is 0 Å². The Balaban J connectivity index is 1.96. The topological polar surface area (TPSA) is 47.3 Å². The van der Waals surface area contributed by atoms with Crippen molar-refractivity contribution in [2.75, 3.05) is 31.6 Å². The SMILES string of the molecule is NCC1(c2ccc3c(c2)CCCN3)COC1. The molecule has 0 bridgehead atoms. The average molecular weight is 218 g/mol. The summed E-state index contributed by atoms with van der Waals surface area (Å²) in [6, 6.07) is 6.71. The molecule has 0 aliphatic carbocycles. The van der Waals surface area contributed by atoms with Gasteiger partial charge < -0.3 is 15.8 Å². The number of fused-ring (bicyclic) bond motifs is 1. The number of benzene rings is 1. The van der Waals surface area contributed by atoms with Crippen LogP contribution in [0.25, 0.3) is 0 Å². The van der Waals surface area contributed by atoms with Gasteiger partial charge in [0.05, 0.1) is 18.6 Å². The number of aryl methyl sites for hydroxylation is 1. The number of nitrogens with two attached hydrogens (primary N) is 1. The summed E-state index contributed by atoms with van der Waals surface area (Å²) in [5.74, 6) is 0. The van der Waals surface area contributed by atoms with Crippen molar-refractivity contribution in [1.29, 1.82) is 0 Å². The molecule has 0 saturated carbocycles. The number of anilines is 1. The fourth-order valence-corrected chi connectivity index (χ4v) is 2.56. The van der Waals surface area contributed by atoms with Gasteiger partial charge >= 0.3 is 0 Å². The zero-order valence-electron chi connectivity index (χ0n) is 9.46. The van der Waals surface area contributed by atoms with Crippen molar-refractivity contribution in [2.24, 2.45) is 5.73 Å². The van der Waals surface area contributed by atoms with Gasteiger partial charge in [0.15, 0.2) is 0 Å². The molecule has 0 spiro atoms. The van der Waals surface area contributed by atoms with Crippen LogP contribution in [0.2, 0.25) is 0 Å². The van der Waals surface area contributed by atoms with E-state index in [0.717, 1.165) is 19.8 Å². The molecule has 3 rings (SSSR count). The molecule has 0 unspecified atom stereocenters. The van der Waals surface area contributed by atoms with Gasteiger partial charge in [-0.15, -0.1) is 0 Å². The Kier molecular flexibility index (Phi) is 2.37. The molecule has 3 heteroatoms.